The largest absolute Gasteiger partial charge is 0.507 e. The number of hydrogen-bond acceptors (Lipinski definition) is 3. The van der Waals surface area contributed by atoms with Gasteiger partial charge in [0.2, 0.25) is 0 Å². The Bertz CT molecular complexity index is 555. The zero-order chi connectivity index (χ0) is 15.6. The van der Waals surface area contributed by atoms with Crippen LogP contribution in [0.4, 0.5) is 4.39 Å². The molecule has 6 heteroatoms. The van der Waals surface area contributed by atoms with E-state index in [1.54, 1.807) is 6.92 Å². The van der Waals surface area contributed by atoms with Gasteiger partial charge in [0.25, 0.3) is 5.91 Å². The van der Waals surface area contributed by atoms with Crippen molar-refractivity contribution in [2.45, 2.75) is 38.6 Å². The summed E-state index contributed by atoms with van der Waals surface area (Å²) in [6.45, 7) is 1.58. The molecule has 1 aromatic rings. The number of aromatic hydroxyl groups is 1. The molecule has 0 heterocycles. The van der Waals surface area contributed by atoms with Crippen molar-refractivity contribution in [3.8, 4) is 5.75 Å². The third-order valence-electron chi connectivity index (χ3n) is 4.22. The first-order valence-corrected chi connectivity index (χ1v) is 6.88. The van der Waals surface area contributed by atoms with E-state index in [0.29, 0.717) is 12.8 Å². The Kier molecular flexibility index (Phi) is 4.16. The lowest BCUT2D eigenvalue weighted by atomic mass is 9.71. The molecule has 0 aliphatic heterocycles. The highest BCUT2D eigenvalue weighted by Crippen LogP contribution is 2.36. The Labute approximate surface area is 121 Å². The number of aliphatic carboxylic acids is 1. The Morgan fingerprint density at radius 2 is 2.10 bits per heavy atom. The lowest BCUT2D eigenvalue weighted by Crippen LogP contribution is -2.52. The minimum Gasteiger partial charge on any atom is -0.507 e. The van der Waals surface area contributed by atoms with E-state index in [1.807, 2.05) is 0 Å². The number of carbonyl (C=O) groups excluding carboxylic acids is 1. The molecule has 1 aliphatic carbocycles. The Morgan fingerprint density at radius 3 is 2.71 bits per heavy atom. The number of carbonyl (C=O) groups is 2. The minimum absolute atomic E-state index is 0.448. The van der Waals surface area contributed by atoms with Crippen molar-refractivity contribution >= 4 is 11.9 Å². The van der Waals surface area contributed by atoms with Crippen LogP contribution in [0.15, 0.2) is 18.2 Å². The fraction of sp³-hybridized carbons (Fsp3) is 0.467. The Morgan fingerprint density at radius 1 is 1.38 bits per heavy atom. The second kappa shape index (κ2) is 5.71. The maximum atomic E-state index is 13.7. The van der Waals surface area contributed by atoms with Gasteiger partial charge in [0.05, 0.1) is 5.41 Å². The van der Waals surface area contributed by atoms with Crippen molar-refractivity contribution in [1.29, 1.82) is 0 Å². The highest BCUT2D eigenvalue weighted by Gasteiger charge is 2.44. The quantitative estimate of drug-likeness (QED) is 0.798. The first-order valence-electron chi connectivity index (χ1n) is 6.88. The molecule has 1 aromatic carbocycles. The number of carboxylic acid groups (broad SMARTS) is 1. The predicted molar refractivity (Wildman–Crippen MR) is 73.5 cm³/mol. The molecule has 1 amide bonds. The van der Waals surface area contributed by atoms with Gasteiger partial charge in [-0.2, -0.15) is 0 Å². The topological polar surface area (TPSA) is 86.6 Å². The zero-order valence-electron chi connectivity index (χ0n) is 11.7. The zero-order valence-corrected chi connectivity index (χ0v) is 11.7. The fourth-order valence-corrected chi connectivity index (χ4v) is 2.79. The monoisotopic (exact) mass is 295 g/mol. The van der Waals surface area contributed by atoms with E-state index in [1.165, 1.54) is 12.1 Å². The Hall–Kier alpha value is -2.11. The summed E-state index contributed by atoms with van der Waals surface area (Å²) in [6.07, 6.45) is 2.55. The van der Waals surface area contributed by atoms with E-state index in [2.05, 4.69) is 5.32 Å². The molecule has 114 valence electrons. The molecule has 5 nitrogen and oxygen atoms in total. The van der Waals surface area contributed by atoms with Crippen molar-refractivity contribution in [2.24, 2.45) is 5.41 Å². The van der Waals surface area contributed by atoms with Gasteiger partial charge < -0.3 is 15.5 Å². The minimum atomic E-state index is -1.07. The van der Waals surface area contributed by atoms with Crippen molar-refractivity contribution < 1.29 is 24.2 Å². The Balaban J connectivity index is 2.24. The third-order valence-corrected chi connectivity index (χ3v) is 4.22. The molecule has 2 atom stereocenters. The molecule has 0 aromatic heterocycles. The molecule has 0 spiro atoms. The van der Waals surface area contributed by atoms with Gasteiger partial charge in [0, 0.05) is 6.04 Å². The number of carboxylic acids is 1. The summed E-state index contributed by atoms with van der Waals surface area (Å²) in [7, 11) is 0. The summed E-state index contributed by atoms with van der Waals surface area (Å²) < 4.78 is 13.7. The van der Waals surface area contributed by atoms with E-state index >= 15 is 0 Å². The van der Waals surface area contributed by atoms with Crippen LogP contribution < -0.4 is 5.32 Å². The third kappa shape index (κ3) is 2.84. The smallest absolute Gasteiger partial charge is 0.311 e. The lowest BCUT2D eigenvalue weighted by Gasteiger charge is -2.38. The summed E-state index contributed by atoms with van der Waals surface area (Å²) in [5.41, 5.74) is -1.52. The van der Waals surface area contributed by atoms with Crippen molar-refractivity contribution in [2.75, 3.05) is 0 Å². The number of benzene rings is 1. The first kappa shape index (κ1) is 15.3. The molecule has 1 saturated carbocycles. The molecular formula is C15H18FNO4. The number of phenols is 1. The second-order valence-electron chi connectivity index (χ2n) is 5.63. The van der Waals surface area contributed by atoms with Gasteiger partial charge in [0.1, 0.15) is 17.1 Å². The van der Waals surface area contributed by atoms with Crippen molar-refractivity contribution in [1.82, 2.24) is 5.32 Å². The number of phenolic OH excluding ortho intramolecular Hbond substituents is 1. The van der Waals surface area contributed by atoms with Crippen LogP contribution in [0.25, 0.3) is 0 Å². The lowest BCUT2D eigenvalue weighted by molar-refractivity contribution is -0.151. The normalized spacial score (nSPS) is 25.3. The molecule has 1 aliphatic rings. The van der Waals surface area contributed by atoms with Gasteiger partial charge in [-0.25, -0.2) is 4.39 Å². The van der Waals surface area contributed by atoms with E-state index in [9.17, 15) is 24.2 Å². The fourth-order valence-electron chi connectivity index (χ4n) is 2.79. The summed E-state index contributed by atoms with van der Waals surface area (Å²) in [6, 6.07) is 3.00. The maximum Gasteiger partial charge on any atom is 0.311 e. The molecule has 3 N–H and O–H groups in total. The molecule has 1 fully saturated rings. The molecule has 2 rings (SSSR count). The van der Waals surface area contributed by atoms with Gasteiger partial charge >= 0.3 is 5.97 Å². The SMILES string of the molecule is CC1(C(=O)O)CCCCC1NC(=O)c1c(O)cccc1F. The van der Waals surface area contributed by atoms with E-state index in [0.717, 1.165) is 18.9 Å². The van der Waals surface area contributed by atoms with Crippen LogP contribution in [-0.4, -0.2) is 28.1 Å². The molecule has 0 saturated heterocycles. The summed E-state index contributed by atoms with van der Waals surface area (Å²) in [4.78, 5) is 23.6. The van der Waals surface area contributed by atoms with Crippen LogP contribution in [0.2, 0.25) is 0 Å². The van der Waals surface area contributed by atoms with Gasteiger partial charge in [-0.15, -0.1) is 0 Å². The first-order chi connectivity index (χ1) is 9.86. The number of hydrogen-bond donors (Lipinski definition) is 3. The van der Waals surface area contributed by atoms with E-state index < -0.39 is 40.5 Å². The van der Waals surface area contributed by atoms with Crippen LogP contribution in [-0.2, 0) is 4.79 Å². The molecule has 2 unspecified atom stereocenters. The average molecular weight is 295 g/mol. The number of amides is 1. The summed E-state index contributed by atoms with van der Waals surface area (Å²) in [5, 5.41) is 21.6. The number of nitrogens with one attached hydrogen (secondary N) is 1. The second-order valence-corrected chi connectivity index (χ2v) is 5.63. The maximum absolute atomic E-state index is 13.7. The molecule has 0 radical (unpaired) electrons. The molecule has 0 bridgehead atoms. The number of rotatable bonds is 3. The molecule has 21 heavy (non-hydrogen) atoms. The van der Waals surface area contributed by atoms with E-state index in [4.69, 9.17) is 0 Å². The summed E-state index contributed by atoms with van der Waals surface area (Å²) in [5.74, 6) is -3.06. The van der Waals surface area contributed by atoms with Crippen molar-refractivity contribution in [3.63, 3.8) is 0 Å². The highest BCUT2D eigenvalue weighted by molar-refractivity contribution is 5.97. The van der Waals surface area contributed by atoms with Gasteiger partial charge in [0.15, 0.2) is 0 Å². The van der Waals surface area contributed by atoms with Crippen LogP contribution in [0.3, 0.4) is 0 Å². The predicted octanol–water partition coefficient (Wildman–Crippen LogP) is 2.29. The molecular weight excluding hydrogens is 277 g/mol. The average Bonchev–Trinajstić information content (AvgIpc) is 2.41. The van der Waals surface area contributed by atoms with Crippen LogP contribution in [0.5, 0.6) is 5.75 Å². The van der Waals surface area contributed by atoms with E-state index in [-0.39, 0.29) is 0 Å². The van der Waals surface area contributed by atoms with Crippen LogP contribution in [0.1, 0.15) is 43.0 Å². The van der Waals surface area contributed by atoms with Crippen molar-refractivity contribution in [3.05, 3.63) is 29.6 Å². The van der Waals surface area contributed by atoms with Gasteiger partial charge in [-0.1, -0.05) is 18.9 Å². The summed E-state index contributed by atoms with van der Waals surface area (Å²) >= 11 is 0. The number of halogens is 1. The highest BCUT2D eigenvalue weighted by atomic mass is 19.1. The van der Waals surface area contributed by atoms with Gasteiger partial charge in [-0.3, -0.25) is 9.59 Å². The van der Waals surface area contributed by atoms with Crippen LogP contribution >= 0.6 is 0 Å². The van der Waals surface area contributed by atoms with Crippen LogP contribution in [0, 0.1) is 11.2 Å². The van der Waals surface area contributed by atoms with Gasteiger partial charge in [-0.05, 0) is 31.9 Å². The standard InChI is InChI=1S/C15H18FNO4/c1-15(14(20)21)8-3-2-7-11(15)17-13(19)12-9(16)5-4-6-10(12)18/h4-6,11,18H,2-3,7-8H2,1H3,(H,17,19)(H,20,21).